The van der Waals surface area contributed by atoms with Gasteiger partial charge in [0, 0.05) is 23.7 Å². The fourth-order valence-electron chi connectivity index (χ4n) is 5.53. The Hall–Kier alpha value is -2.36. The zero-order chi connectivity index (χ0) is 18.0. The monoisotopic (exact) mass is 348 g/mol. The largest absolute Gasteiger partial charge is 0.295 e. The van der Waals surface area contributed by atoms with Crippen LogP contribution in [-0.4, -0.2) is 23.1 Å². The van der Waals surface area contributed by atoms with Gasteiger partial charge < -0.3 is 0 Å². The summed E-state index contributed by atoms with van der Waals surface area (Å²) < 4.78 is 0. The number of carbonyl (C=O) groups excluding carboxylic acids is 4. The second-order valence-corrected chi connectivity index (χ2v) is 8.29. The first-order valence-electron chi connectivity index (χ1n) is 9.42. The van der Waals surface area contributed by atoms with Gasteiger partial charge in [-0.3, -0.25) is 19.2 Å². The molecule has 0 aromatic heterocycles. The molecule has 0 spiro atoms. The van der Waals surface area contributed by atoms with Gasteiger partial charge in [-0.2, -0.15) is 0 Å². The van der Waals surface area contributed by atoms with E-state index in [4.69, 9.17) is 0 Å². The van der Waals surface area contributed by atoms with Crippen molar-refractivity contribution in [1.29, 1.82) is 0 Å². The van der Waals surface area contributed by atoms with Gasteiger partial charge in [-0.25, -0.2) is 0 Å². The third-order valence-corrected chi connectivity index (χ3v) is 6.98. The highest BCUT2D eigenvalue weighted by Crippen LogP contribution is 2.50. The minimum absolute atomic E-state index is 0.0721. The second kappa shape index (κ2) is 5.57. The van der Waals surface area contributed by atoms with Crippen molar-refractivity contribution in [3.8, 4) is 0 Å². The zero-order valence-electron chi connectivity index (χ0n) is 14.5. The molecule has 0 radical (unpaired) electrons. The van der Waals surface area contributed by atoms with Gasteiger partial charge in [0.15, 0.2) is 23.1 Å². The molecule has 0 aromatic carbocycles. The van der Waals surface area contributed by atoms with Gasteiger partial charge in [-0.05, 0) is 62.8 Å². The molecule has 0 heterocycles. The van der Waals surface area contributed by atoms with E-state index in [0.29, 0.717) is 25.7 Å². The normalized spacial score (nSPS) is 36.0. The summed E-state index contributed by atoms with van der Waals surface area (Å²) in [4.78, 5) is 48.9. The number of carbonyl (C=O) groups is 4. The first-order chi connectivity index (χ1) is 12.5. The van der Waals surface area contributed by atoms with Gasteiger partial charge in [0.05, 0.1) is 0 Å². The van der Waals surface area contributed by atoms with E-state index in [-0.39, 0.29) is 46.8 Å². The summed E-state index contributed by atoms with van der Waals surface area (Å²) in [6.07, 6.45) is 10.1. The Morgan fingerprint density at radius 1 is 0.462 bits per heavy atom. The van der Waals surface area contributed by atoms with Gasteiger partial charge in [0.2, 0.25) is 0 Å². The topological polar surface area (TPSA) is 68.3 Å². The SMILES string of the molecule is O=C1C=CC(=O)[C@@H]2CC3=C(CC4=C(C3)C[C@H]3C(=O)C=CC(=O)[C@H]3C4)C[C@H]12. The van der Waals surface area contributed by atoms with Gasteiger partial charge in [-0.1, -0.05) is 22.3 Å². The van der Waals surface area contributed by atoms with Crippen molar-refractivity contribution < 1.29 is 19.2 Å². The van der Waals surface area contributed by atoms with Crippen LogP contribution in [-0.2, 0) is 19.2 Å². The van der Waals surface area contributed by atoms with E-state index in [1.807, 2.05) is 0 Å². The lowest BCUT2D eigenvalue weighted by Gasteiger charge is -2.41. The lowest BCUT2D eigenvalue weighted by atomic mass is 9.62. The standard InChI is InChI=1S/C22H20O4/c23-19-1-2-20(24)16-8-12-6-14-10-18-17(21(25)3-4-22(18)26)9-13(14)5-11(12)7-15(16)19/h1-4,15-18H,5-10H2/t15-,16+,17-,18+. The quantitative estimate of drug-likeness (QED) is 0.631. The Morgan fingerprint density at radius 2 is 0.692 bits per heavy atom. The molecule has 4 heteroatoms. The van der Waals surface area contributed by atoms with Gasteiger partial charge in [0.25, 0.3) is 0 Å². The Kier molecular flexibility index (Phi) is 3.40. The molecule has 0 aliphatic heterocycles. The first-order valence-corrected chi connectivity index (χ1v) is 9.42. The third kappa shape index (κ3) is 2.28. The molecule has 0 N–H and O–H groups in total. The summed E-state index contributed by atoms with van der Waals surface area (Å²) in [7, 11) is 0. The fourth-order valence-corrected chi connectivity index (χ4v) is 5.53. The van der Waals surface area contributed by atoms with E-state index in [1.54, 1.807) is 0 Å². The summed E-state index contributed by atoms with van der Waals surface area (Å²) in [6, 6.07) is 0. The van der Waals surface area contributed by atoms with E-state index >= 15 is 0 Å². The van der Waals surface area contributed by atoms with Crippen LogP contribution in [0.3, 0.4) is 0 Å². The minimum Gasteiger partial charge on any atom is -0.295 e. The molecule has 0 unspecified atom stereocenters. The first kappa shape index (κ1) is 15.9. The van der Waals surface area contributed by atoms with Crippen LogP contribution >= 0.6 is 0 Å². The highest BCUT2D eigenvalue weighted by atomic mass is 16.1. The molecule has 0 saturated heterocycles. The summed E-state index contributed by atoms with van der Waals surface area (Å²) in [5.41, 5.74) is 5.19. The molecule has 5 aliphatic rings. The lowest BCUT2D eigenvalue weighted by Crippen LogP contribution is -2.38. The van der Waals surface area contributed by atoms with Crippen LogP contribution in [0, 0.1) is 23.7 Å². The Bertz CT molecular complexity index is 753. The van der Waals surface area contributed by atoms with Crippen LogP contribution in [0.2, 0.25) is 0 Å². The summed E-state index contributed by atoms with van der Waals surface area (Å²) in [6.45, 7) is 0. The molecule has 0 fully saturated rings. The zero-order valence-corrected chi connectivity index (χ0v) is 14.5. The van der Waals surface area contributed by atoms with E-state index in [1.165, 1.54) is 46.6 Å². The molecule has 4 atom stereocenters. The van der Waals surface area contributed by atoms with Crippen LogP contribution in [0.5, 0.6) is 0 Å². The van der Waals surface area contributed by atoms with E-state index in [0.717, 1.165) is 12.8 Å². The van der Waals surface area contributed by atoms with Crippen molar-refractivity contribution >= 4 is 23.1 Å². The molecular formula is C22H20O4. The summed E-state index contributed by atoms with van der Waals surface area (Å²) >= 11 is 0. The van der Waals surface area contributed by atoms with E-state index < -0.39 is 0 Å². The molecule has 0 amide bonds. The van der Waals surface area contributed by atoms with Crippen molar-refractivity contribution in [2.24, 2.45) is 23.7 Å². The highest BCUT2D eigenvalue weighted by Gasteiger charge is 2.44. The Labute approximate surface area is 151 Å². The Morgan fingerprint density at radius 3 is 0.923 bits per heavy atom. The van der Waals surface area contributed by atoms with Gasteiger partial charge >= 0.3 is 0 Å². The number of rotatable bonds is 0. The molecule has 0 saturated carbocycles. The summed E-state index contributed by atoms with van der Waals surface area (Å²) in [5, 5.41) is 0. The summed E-state index contributed by atoms with van der Waals surface area (Å²) in [5.74, 6) is -0.524. The van der Waals surface area contributed by atoms with Crippen molar-refractivity contribution in [2.45, 2.75) is 38.5 Å². The van der Waals surface area contributed by atoms with Gasteiger partial charge in [-0.15, -0.1) is 0 Å². The molecule has 5 rings (SSSR count). The average molecular weight is 348 g/mol. The van der Waals surface area contributed by atoms with Crippen molar-refractivity contribution in [2.75, 3.05) is 0 Å². The molecule has 5 aliphatic carbocycles. The van der Waals surface area contributed by atoms with Crippen LogP contribution in [0.4, 0.5) is 0 Å². The van der Waals surface area contributed by atoms with Crippen molar-refractivity contribution in [1.82, 2.24) is 0 Å². The van der Waals surface area contributed by atoms with Crippen LogP contribution in [0.1, 0.15) is 38.5 Å². The smallest absolute Gasteiger partial charge is 0.159 e. The number of hydrogen-bond acceptors (Lipinski definition) is 4. The molecule has 0 bridgehead atoms. The molecular weight excluding hydrogens is 328 g/mol. The van der Waals surface area contributed by atoms with Crippen LogP contribution in [0.15, 0.2) is 46.6 Å². The predicted molar refractivity (Wildman–Crippen MR) is 94.0 cm³/mol. The number of allylic oxidation sites excluding steroid dienone is 8. The fraction of sp³-hybridized carbons (Fsp3) is 0.455. The molecule has 26 heavy (non-hydrogen) atoms. The van der Waals surface area contributed by atoms with Crippen molar-refractivity contribution in [3.05, 3.63) is 46.6 Å². The maximum atomic E-state index is 12.2. The molecule has 132 valence electrons. The maximum Gasteiger partial charge on any atom is 0.159 e. The highest BCUT2D eigenvalue weighted by molar-refractivity contribution is 6.08. The lowest BCUT2D eigenvalue weighted by molar-refractivity contribution is -0.129. The van der Waals surface area contributed by atoms with E-state index in [2.05, 4.69) is 0 Å². The number of hydrogen-bond donors (Lipinski definition) is 0. The molecule has 0 aromatic rings. The molecule has 4 nitrogen and oxygen atoms in total. The van der Waals surface area contributed by atoms with Gasteiger partial charge in [0.1, 0.15) is 0 Å². The third-order valence-electron chi connectivity index (χ3n) is 6.98. The minimum atomic E-state index is -0.203. The van der Waals surface area contributed by atoms with Crippen LogP contribution < -0.4 is 0 Å². The predicted octanol–water partition coefficient (Wildman–Crippen LogP) is 2.84. The Balaban J connectivity index is 1.42. The second-order valence-electron chi connectivity index (χ2n) is 8.29. The maximum absolute atomic E-state index is 12.2. The number of fused-ring (bicyclic) bond motifs is 2. The number of ketones is 4. The van der Waals surface area contributed by atoms with Crippen molar-refractivity contribution in [3.63, 3.8) is 0 Å². The van der Waals surface area contributed by atoms with E-state index in [9.17, 15) is 19.2 Å². The average Bonchev–Trinajstić information content (AvgIpc) is 2.64. The van der Waals surface area contributed by atoms with Crippen LogP contribution in [0.25, 0.3) is 0 Å².